The summed E-state index contributed by atoms with van der Waals surface area (Å²) in [6.45, 7) is 12.7. The van der Waals surface area contributed by atoms with Gasteiger partial charge in [0.1, 0.15) is 23.4 Å². The van der Waals surface area contributed by atoms with Gasteiger partial charge in [0.15, 0.2) is 11.6 Å². The number of nitrogens with zero attached hydrogens (tertiary/aromatic N) is 9. The Morgan fingerprint density at radius 3 is 2.40 bits per heavy atom. The van der Waals surface area contributed by atoms with Gasteiger partial charge in [-0.25, -0.2) is 23.1 Å². The van der Waals surface area contributed by atoms with Crippen LogP contribution in [0.5, 0.6) is 0 Å². The molecule has 17 heteroatoms. The van der Waals surface area contributed by atoms with Crippen molar-refractivity contribution in [3.63, 3.8) is 0 Å². The Kier molecular flexibility index (Phi) is 9.23. The van der Waals surface area contributed by atoms with Gasteiger partial charge in [-0.3, -0.25) is 28.2 Å². The van der Waals surface area contributed by atoms with Crippen molar-refractivity contribution in [3.05, 3.63) is 139 Å². The standard InChI is InChI=1S/C48H50F2N10O5/c1-25-18-32(19-26(2)40(25)49)60-42(58-16-15-57(46(58)63)37-11-10-36-33(41(37)50)24-51-55(36)7)39-28(4)56(14-12-34(39)53-60)43(61)38-21-31-20-29(30-13-17-64-47(5,6)23-30)8-9-35(31)59(38)48(22-27(48)3)44-52-45(62)65-54-44/h8-11,15-16,18-21,24,27-28,30,43,61H,12-14,17,22-23H2,1-7H3,(H,52,54,62). The number of halogens is 2. The average molecular weight is 885 g/mol. The molecule has 65 heavy (non-hydrogen) atoms. The van der Waals surface area contributed by atoms with E-state index in [1.165, 1.54) is 27.1 Å². The summed E-state index contributed by atoms with van der Waals surface area (Å²) < 4.78 is 50.4. The number of aryl methyl sites for hydroxylation is 3. The fourth-order valence-corrected chi connectivity index (χ4v) is 11.0. The summed E-state index contributed by atoms with van der Waals surface area (Å²) in [4.78, 5) is 32.0. The predicted molar refractivity (Wildman–Crippen MR) is 238 cm³/mol. The van der Waals surface area contributed by atoms with E-state index in [0.717, 1.165) is 23.7 Å². The summed E-state index contributed by atoms with van der Waals surface area (Å²) in [5, 5.41) is 27.7. The van der Waals surface area contributed by atoms with Crippen LogP contribution in [0.25, 0.3) is 39.0 Å². The van der Waals surface area contributed by atoms with E-state index >= 15 is 8.78 Å². The van der Waals surface area contributed by atoms with Gasteiger partial charge in [-0.05, 0) is 125 Å². The summed E-state index contributed by atoms with van der Waals surface area (Å²) in [6, 6.07) is 14.6. The first kappa shape index (κ1) is 41.3. The van der Waals surface area contributed by atoms with Crippen LogP contribution >= 0.6 is 0 Å². The molecule has 5 unspecified atom stereocenters. The Bertz CT molecular complexity index is 3320. The Morgan fingerprint density at radius 1 is 0.954 bits per heavy atom. The van der Waals surface area contributed by atoms with E-state index in [4.69, 9.17) is 14.4 Å². The molecule has 0 radical (unpaired) electrons. The first-order chi connectivity index (χ1) is 31.1. The summed E-state index contributed by atoms with van der Waals surface area (Å²) in [5.74, 6) is -0.471. The van der Waals surface area contributed by atoms with E-state index in [9.17, 15) is 14.7 Å². The Morgan fingerprint density at radius 2 is 1.69 bits per heavy atom. The number of benzene rings is 3. The lowest BCUT2D eigenvalue weighted by molar-refractivity contribution is -0.0592. The van der Waals surface area contributed by atoms with Crippen LogP contribution in [-0.4, -0.2) is 72.2 Å². The molecule has 5 atom stereocenters. The second kappa shape index (κ2) is 14.5. The van der Waals surface area contributed by atoms with Crippen LogP contribution in [0.2, 0.25) is 0 Å². The van der Waals surface area contributed by atoms with Crippen LogP contribution in [0.3, 0.4) is 0 Å². The molecule has 3 aliphatic rings. The molecule has 15 nitrogen and oxygen atoms in total. The maximum Gasteiger partial charge on any atom is 0.438 e. The van der Waals surface area contributed by atoms with Crippen molar-refractivity contribution in [2.75, 3.05) is 13.2 Å². The number of aromatic nitrogens is 9. The third-order valence-corrected chi connectivity index (χ3v) is 14.4. The minimum Gasteiger partial charge on any atom is -0.376 e. The summed E-state index contributed by atoms with van der Waals surface area (Å²) in [7, 11) is 1.72. The SMILES string of the molecule is Cc1cc(-n2nc3c(c2-n2ccn(-c4ccc5c(cnn5C)c4F)c2=O)C(C)N(C(O)c2cc4cc(C5CCOC(C)(C)C5)ccc4n2C2(c4noc(=O)[nH]4)CC2C)CC3)cc(C)c1F. The Hall–Kier alpha value is -6.43. The number of aliphatic hydroxyl groups is 1. The molecule has 5 aromatic heterocycles. The lowest BCUT2D eigenvalue weighted by Crippen LogP contribution is -2.39. The minimum absolute atomic E-state index is 0.0400. The van der Waals surface area contributed by atoms with E-state index in [0.29, 0.717) is 76.9 Å². The van der Waals surface area contributed by atoms with Crippen molar-refractivity contribution in [2.24, 2.45) is 13.0 Å². The lowest BCUT2D eigenvalue weighted by Gasteiger charge is -2.38. The van der Waals surface area contributed by atoms with Gasteiger partial charge < -0.3 is 14.4 Å². The van der Waals surface area contributed by atoms with Gasteiger partial charge in [0, 0.05) is 61.5 Å². The van der Waals surface area contributed by atoms with Gasteiger partial charge in [0.25, 0.3) is 0 Å². The fourth-order valence-electron chi connectivity index (χ4n) is 11.0. The van der Waals surface area contributed by atoms with Crippen LogP contribution in [-0.2, 0) is 23.7 Å². The molecule has 0 bridgehead atoms. The highest BCUT2D eigenvalue weighted by Gasteiger charge is 2.59. The summed E-state index contributed by atoms with van der Waals surface area (Å²) in [5.41, 5.74) is 4.48. The molecular formula is C48H50F2N10O5. The van der Waals surface area contributed by atoms with Gasteiger partial charge in [-0.2, -0.15) is 10.2 Å². The van der Waals surface area contributed by atoms with Crippen LogP contribution in [0.4, 0.5) is 8.78 Å². The van der Waals surface area contributed by atoms with Crippen LogP contribution in [0, 0.1) is 31.4 Å². The molecule has 1 saturated carbocycles. The number of hydrogen-bond donors (Lipinski definition) is 2. The summed E-state index contributed by atoms with van der Waals surface area (Å²) in [6.07, 6.45) is 6.17. The van der Waals surface area contributed by atoms with Crippen LogP contribution in [0.15, 0.2) is 81.2 Å². The topological polar surface area (TPSA) is 159 Å². The summed E-state index contributed by atoms with van der Waals surface area (Å²) >= 11 is 0. The Balaban J connectivity index is 1.06. The minimum atomic E-state index is -1.19. The largest absolute Gasteiger partial charge is 0.438 e. The van der Waals surface area contributed by atoms with Crippen molar-refractivity contribution < 1.29 is 23.1 Å². The van der Waals surface area contributed by atoms with E-state index in [1.54, 1.807) is 60.7 Å². The molecular weight excluding hydrogens is 835 g/mol. The van der Waals surface area contributed by atoms with E-state index in [-0.39, 0.29) is 34.3 Å². The van der Waals surface area contributed by atoms with E-state index in [1.807, 2.05) is 17.9 Å². The van der Waals surface area contributed by atoms with Crippen LogP contribution in [0.1, 0.15) is 105 Å². The quantitative estimate of drug-likeness (QED) is 0.160. The molecule has 0 spiro atoms. The zero-order valence-corrected chi connectivity index (χ0v) is 37.3. The van der Waals surface area contributed by atoms with Crippen LogP contribution < -0.4 is 11.4 Å². The zero-order chi connectivity index (χ0) is 45.4. The molecule has 2 N–H and O–H groups in total. The molecule has 0 amide bonds. The molecule has 336 valence electrons. The monoisotopic (exact) mass is 884 g/mol. The maximum atomic E-state index is 16.1. The number of aliphatic hydroxyl groups excluding tert-OH is 1. The van der Waals surface area contributed by atoms with Gasteiger partial charge in [0.2, 0.25) is 0 Å². The van der Waals surface area contributed by atoms with E-state index in [2.05, 4.69) is 58.8 Å². The molecule has 11 rings (SSSR count). The van der Waals surface area contributed by atoms with Crippen molar-refractivity contribution in [1.82, 2.24) is 48.3 Å². The van der Waals surface area contributed by atoms with Crippen molar-refractivity contribution in [1.29, 1.82) is 0 Å². The highest BCUT2D eigenvalue weighted by atomic mass is 19.1. The smallest absolute Gasteiger partial charge is 0.376 e. The first-order valence-corrected chi connectivity index (χ1v) is 22.2. The number of imidazole rings is 1. The zero-order valence-electron chi connectivity index (χ0n) is 37.3. The van der Waals surface area contributed by atoms with Crippen molar-refractivity contribution in [2.45, 2.75) is 96.6 Å². The van der Waals surface area contributed by atoms with Crippen molar-refractivity contribution in [3.8, 4) is 17.2 Å². The lowest BCUT2D eigenvalue weighted by atomic mass is 9.83. The molecule has 1 saturated heterocycles. The number of nitrogens with one attached hydrogen (secondary N) is 1. The van der Waals surface area contributed by atoms with Gasteiger partial charge >= 0.3 is 11.4 Å². The molecule has 7 heterocycles. The van der Waals surface area contributed by atoms with Gasteiger partial charge in [0.05, 0.1) is 45.5 Å². The van der Waals surface area contributed by atoms with E-state index < -0.39 is 35.1 Å². The molecule has 2 aliphatic heterocycles. The number of ether oxygens (including phenoxy) is 1. The first-order valence-electron chi connectivity index (χ1n) is 22.2. The van der Waals surface area contributed by atoms with Crippen molar-refractivity contribution >= 4 is 21.8 Å². The Labute approximate surface area is 371 Å². The van der Waals surface area contributed by atoms with Gasteiger partial charge in [-0.15, -0.1) is 0 Å². The average Bonchev–Trinajstić information content (AvgIpc) is 3.90. The number of hydrogen-bond acceptors (Lipinski definition) is 9. The molecule has 2 fully saturated rings. The third kappa shape index (κ3) is 6.26. The molecule has 3 aromatic carbocycles. The highest BCUT2D eigenvalue weighted by molar-refractivity contribution is 5.84. The second-order valence-corrected chi connectivity index (χ2v) is 18.9. The third-order valence-electron chi connectivity index (χ3n) is 14.4. The number of aromatic amines is 1. The number of H-pyrrole nitrogens is 1. The van der Waals surface area contributed by atoms with Gasteiger partial charge in [-0.1, -0.05) is 18.1 Å². The maximum absolute atomic E-state index is 16.1. The molecule has 8 aromatic rings. The molecule has 1 aliphatic carbocycles. The highest BCUT2D eigenvalue weighted by Crippen LogP contribution is 2.57. The second-order valence-electron chi connectivity index (χ2n) is 18.9. The number of fused-ring (bicyclic) bond motifs is 3. The number of rotatable bonds is 8. The normalized spacial score (nSPS) is 22.5. The fraction of sp³-hybridized carbons (Fsp3) is 0.396. The predicted octanol–water partition coefficient (Wildman–Crippen LogP) is 7.29.